The van der Waals surface area contributed by atoms with Gasteiger partial charge in [0.2, 0.25) is 0 Å². The Hall–Kier alpha value is -2.24. The van der Waals surface area contributed by atoms with Crippen LogP contribution in [-0.2, 0) is 9.53 Å². The lowest BCUT2D eigenvalue weighted by molar-refractivity contribution is -0.139. The summed E-state index contributed by atoms with van der Waals surface area (Å²) in [5, 5.41) is 12.1. The third kappa shape index (κ3) is 3.63. The van der Waals surface area contributed by atoms with Gasteiger partial charge < -0.3 is 14.6 Å². The largest absolute Gasteiger partial charge is 0.497 e. The molecule has 6 heteroatoms. The van der Waals surface area contributed by atoms with Crippen LogP contribution in [0.4, 0.5) is 10.5 Å². The van der Waals surface area contributed by atoms with Crippen LogP contribution in [0.2, 0.25) is 0 Å². The van der Waals surface area contributed by atoms with Gasteiger partial charge in [0, 0.05) is 12.0 Å². The number of carbonyl (C=O) groups is 2. The molecule has 0 heterocycles. The number of carbonyl (C=O) groups excluding carboxylic acids is 1. The van der Waals surface area contributed by atoms with Gasteiger partial charge in [0.15, 0.2) is 0 Å². The van der Waals surface area contributed by atoms with E-state index in [0.29, 0.717) is 11.4 Å². The fraction of sp³-hybridized carbons (Fsp3) is 0.556. The monoisotopic (exact) mass is 335 g/mol. The van der Waals surface area contributed by atoms with E-state index in [1.54, 1.807) is 39.0 Å². The maximum atomic E-state index is 12.1. The molecule has 1 aromatic carbocycles. The van der Waals surface area contributed by atoms with E-state index in [2.05, 4.69) is 5.32 Å². The molecule has 2 N–H and O–H groups in total. The standard InChI is InChI=1S/C18H25NO5/c1-17(2,3)24-16(22)19-12-9-10(23-6)7-8-11(12)13-14(15(20)21)18(13,4)5/h7-9,13-14H,1-6H3,(H,19,22)(H,20,21)/t13-,14+/m0/s1. The van der Waals surface area contributed by atoms with Crippen LogP contribution in [0.25, 0.3) is 0 Å². The number of hydrogen-bond acceptors (Lipinski definition) is 4. The number of benzene rings is 1. The minimum absolute atomic E-state index is 0.175. The van der Waals surface area contributed by atoms with Crippen molar-refractivity contribution >= 4 is 17.7 Å². The molecule has 0 aliphatic heterocycles. The van der Waals surface area contributed by atoms with Crippen molar-refractivity contribution in [2.45, 2.75) is 46.1 Å². The normalized spacial score (nSPS) is 21.8. The lowest BCUT2D eigenvalue weighted by atomic mass is 10.0. The number of ether oxygens (including phenoxy) is 2. The third-order valence-electron chi connectivity index (χ3n) is 4.32. The van der Waals surface area contributed by atoms with E-state index < -0.39 is 23.6 Å². The minimum Gasteiger partial charge on any atom is -0.497 e. The van der Waals surface area contributed by atoms with E-state index in [1.165, 1.54) is 7.11 Å². The second-order valence-corrected chi connectivity index (χ2v) is 7.70. The molecular formula is C18H25NO5. The Labute approximate surface area is 142 Å². The first-order valence-corrected chi connectivity index (χ1v) is 7.88. The second kappa shape index (κ2) is 6.00. The smallest absolute Gasteiger partial charge is 0.412 e. The van der Waals surface area contributed by atoms with E-state index in [-0.39, 0.29) is 11.3 Å². The SMILES string of the molecule is COc1ccc([C@H]2[C@H](C(=O)O)C2(C)C)c(NC(=O)OC(C)(C)C)c1. The highest BCUT2D eigenvalue weighted by molar-refractivity contribution is 5.88. The van der Waals surface area contributed by atoms with Gasteiger partial charge in [0.25, 0.3) is 0 Å². The van der Waals surface area contributed by atoms with E-state index >= 15 is 0 Å². The molecule has 2 atom stereocenters. The molecule has 1 saturated carbocycles. The van der Waals surface area contributed by atoms with Gasteiger partial charge in [-0.05, 0) is 37.8 Å². The van der Waals surface area contributed by atoms with Crippen molar-refractivity contribution in [3.63, 3.8) is 0 Å². The molecular weight excluding hydrogens is 310 g/mol. The first-order valence-electron chi connectivity index (χ1n) is 7.88. The number of hydrogen-bond donors (Lipinski definition) is 2. The number of rotatable bonds is 4. The molecule has 1 aliphatic rings. The first kappa shape index (κ1) is 18.1. The second-order valence-electron chi connectivity index (χ2n) is 7.70. The predicted molar refractivity (Wildman–Crippen MR) is 90.5 cm³/mol. The van der Waals surface area contributed by atoms with E-state index in [4.69, 9.17) is 9.47 Å². The zero-order valence-corrected chi connectivity index (χ0v) is 15.0. The van der Waals surface area contributed by atoms with Gasteiger partial charge >= 0.3 is 12.1 Å². The zero-order valence-electron chi connectivity index (χ0n) is 15.0. The maximum Gasteiger partial charge on any atom is 0.412 e. The molecule has 0 spiro atoms. The van der Waals surface area contributed by atoms with Crippen molar-refractivity contribution in [2.24, 2.45) is 11.3 Å². The van der Waals surface area contributed by atoms with Crippen molar-refractivity contribution in [1.29, 1.82) is 0 Å². The summed E-state index contributed by atoms with van der Waals surface area (Å²) in [6.45, 7) is 9.17. The van der Waals surface area contributed by atoms with E-state index in [1.807, 2.05) is 13.8 Å². The van der Waals surface area contributed by atoms with E-state index in [9.17, 15) is 14.7 Å². The Balaban J connectivity index is 2.33. The van der Waals surface area contributed by atoms with Crippen LogP contribution in [0.5, 0.6) is 5.75 Å². The van der Waals surface area contributed by atoms with Crippen LogP contribution in [-0.4, -0.2) is 29.9 Å². The highest BCUT2D eigenvalue weighted by Gasteiger charge is 2.63. The maximum absolute atomic E-state index is 12.1. The fourth-order valence-corrected chi connectivity index (χ4v) is 3.13. The van der Waals surface area contributed by atoms with Gasteiger partial charge in [-0.2, -0.15) is 0 Å². The van der Waals surface area contributed by atoms with Crippen LogP contribution >= 0.6 is 0 Å². The van der Waals surface area contributed by atoms with Crippen LogP contribution in [0.1, 0.15) is 46.1 Å². The molecule has 0 radical (unpaired) electrons. The summed E-state index contributed by atoms with van der Waals surface area (Å²) in [6.07, 6.45) is -0.581. The number of anilines is 1. The number of carboxylic acids is 1. The number of methoxy groups -OCH3 is 1. The number of aliphatic carboxylic acids is 1. The van der Waals surface area contributed by atoms with Gasteiger partial charge in [-0.25, -0.2) is 4.79 Å². The van der Waals surface area contributed by atoms with Crippen LogP contribution in [0.15, 0.2) is 18.2 Å². The minimum atomic E-state index is -0.830. The quantitative estimate of drug-likeness (QED) is 0.872. The summed E-state index contributed by atoms with van der Waals surface area (Å²) in [5.41, 5.74) is 0.306. The molecule has 132 valence electrons. The zero-order chi connectivity index (χ0) is 18.3. The highest BCUT2D eigenvalue weighted by atomic mass is 16.6. The van der Waals surface area contributed by atoms with Crippen LogP contribution in [0, 0.1) is 11.3 Å². The van der Waals surface area contributed by atoms with Gasteiger partial charge in [0.05, 0.1) is 18.7 Å². The van der Waals surface area contributed by atoms with Gasteiger partial charge in [-0.1, -0.05) is 19.9 Å². The average molecular weight is 335 g/mol. The Morgan fingerprint density at radius 2 is 1.88 bits per heavy atom. The molecule has 0 saturated heterocycles. The number of carboxylic acid groups (broad SMARTS) is 1. The molecule has 1 amide bonds. The average Bonchev–Trinajstić information content (AvgIpc) is 2.99. The van der Waals surface area contributed by atoms with Crippen LogP contribution < -0.4 is 10.1 Å². The molecule has 2 rings (SSSR count). The highest BCUT2D eigenvalue weighted by Crippen LogP contribution is 2.65. The summed E-state index contributed by atoms with van der Waals surface area (Å²) in [7, 11) is 1.54. The summed E-state index contributed by atoms with van der Waals surface area (Å²) in [5.74, 6) is -0.907. The predicted octanol–water partition coefficient (Wildman–Crippen LogP) is 3.87. The Morgan fingerprint density at radius 3 is 2.33 bits per heavy atom. The molecule has 1 aromatic rings. The molecule has 0 aromatic heterocycles. The van der Waals surface area contributed by atoms with Crippen molar-refractivity contribution in [3.8, 4) is 5.75 Å². The Bertz CT molecular complexity index is 660. The Morgan fingerprint density at radius 1 is 1.25 bits per heavy atom. The molecule has 1 fully saturated rings. The van der Waals surface area contributed by atoms with Crippen molar-refractivity contribution in [1.82, 2.24) is 0 Å². The molecule has 24 heavy (non-hydrogen) atoms. The molecule has 0 bridgehead atoms. The van der Waals surface area contributed by atoms with E-state index in [0.717, 1.165) is 5.56 Å². The molecule has 6 nitrogen and oxygen atoms in total. The molecule has 0 unspecified atom stereocenters. The van der Waals surface area contributed by atoms with Crippen LogP contribution in [0.3, 0.4) is 0 Å². The topological polar surface area (TPSA) is 84.9 Å². The number of nitrogens with one attached hydrogen (secondary N) is 1. The van der Waals surface area contributed by atoms with Gasteiger partial charge in [-0.3, -0.25) is 10.1 Å². The number of amides is 1. The van der Waals surface area contributed by atoms with Gasteiger partial charge in [0.1, 0.15) is 11.4 Å². The lowest BCUT2D eigenvalue weighted by Crippen LogP contribution is -2.27. The summed E-state index contributed by atoms with van der Waals surface area (Å²) < 4.78 is 10.5. The fourth-order valence-electron chi connectivity index (χ4n) is 3.13. The summed E-state index contributed by atoms with van der Waals surface area (Å²) in [6, 6.07) is 5.26. The molecule has 1 aliphatic carbocycles. The Kier molecular flexibility index (Phi) is 4.52. The van der Waals surface area contributed by atoms with Crippen molar-refractivity contribution in [2.75, 3.05) is 12.4 Å². The lowest BCUT2D eigenvalue weighted by Gasteiger charge is -2.21. The summed E-state index contributed by atoms with van der Waals surface area (Å²) in [4.78, 5) is 23.6. The van der Waals surface area contributed by atoms with Crippen molar-refractivity contribution < 1.29 is 24.2 Å². The first-order chi connectivity index (χ1) is 11.0. The van der Waals surface area contributed by atoms with Crippen molar-refractivity contribution in [3.05, 3.63) is 23.8 Å². The van der Waals surface area contributed by atoms with Gasteiger partial charge in [-0.15, -0.1) is 0 Å². The third-order valence-corrected chi connectivity index (χ3v) is 4.32. The summed E-state index contributed by atoms with van der Waals surface area (Å²) >= 11 is 0.